The summed E-state index contributed by atoms with van der Waals surface area (Å²) in [5.41, 5.74) is -1.03. The fourth-order valence-electron chi connectivity index (χ4n) is 5.92. The number of nitrogens with one attached hydrogen (secondary N) is 2. The molecule has 0 aliphatic heterocycles. The molecule has 0 spiro atoms. The lowest BCUT2D eigenvalue weighted by atomic mass is 9.74. The van der Waals surface area contributed by atoms with Crippen LogP contribution in [-0.4, -0.2) is 61.9 Å². The predicted octanol–water partition coefficient (Wildman–Crippen LogP) is 5.76. The van der Waals surface area contributed by atoms with Gasteiger partial charge < -0.3 is 38.8 Å². The Labute approximate surface area is 308 Å². The minimum absolute atomic E-state index is 0.0784. The highest BCUT2D eigenvalue weighted by Gasteiger charge is 2.30. The number of carbonyl (C=O) groups excluding carboxylic acids is 3. The van der Waals surface area contributed by atoms with E-state index in [4.69, 9.17) is 23.0 Å². The maximum absolute atomic E-state index is 13.1. The predicted molar refractivity (Wildman–Crippen MR) is 200 cm³/mol. The summed E-state index contributed by atoms with van der Waals surface area (Å²) in [5, 5.41) is 16.2. The van der Waals surface area contributed by atoms with Crippen molar-refractivity contribution >= 4 is 39.7 Å². The molecule has 0 bridgehead atoms. The summed E-state index contributed by atoms with van der Waals surface area (Å²) in [4.78, 5) is 63.4. The van der Waals surface area contributed by atoms with Crippen LogP contribution in [0.4, 0.5) is 0 Å². The second-order valence-electron chi connectivity index (χ2n) is 14.6. The van der Waals surface area contributed by atoms with Gasteiger partial charge in [-0.15, -0.1) is 0 Å². The van der Waals surface area contributed by atoms with Crippen LogP contribution in [-0.2, 0) is 9.53 Å². The minimum atomic E-state index is -1.19. The number of hydrogen-bond donors (Lipinski definition) is 3. The monoisotopic (exact) mass is 734 g/mol. The van der Waals surface area contributed by atoms with Crippen molar-refractivity contribution in [2.75, 3.05) is 32.9 Å². The molecule has 1 atom stereocenters. The van der Waals surface area contributed by atoms with E-state index in [2.05, 4.69) is 31.4 Å². The normalized spacial score (nSPS) is 12.4. The first-order valence-electron chi connectivity index (χ1n) is 17.9. The number of rotatable bonds is 19. The third kappa shape index (κ3) is 11.4. The molecule has 0 saturated carbocycles. The first-order valence-corrected chi connectivity index (χ1v) is 17.9. The molecule has 13 heteroatoms. The molecule has 0 aliphatic carbocycles. The third-order valence-corrected chi connectivity index (χ3v) is 8.72. The van der Waals surface area contributed by atoms with Crippen LogP contribution < -0.4 is 31.0 Å². The molecule has 4 rings (SSSR count). The van der Waals surface area contributed by atoms with Gasteiger partial charge in [-0.1, -0.05) is 66.5 Å². The molecule has 0 radical (unpaired) electrons. The van der Waals surface area contributed by atoms with Crippen LogP contribution in [0.5, 0.6) is 11.5 Å². The fraction of sp³-hybridized carbons (Fsp3) is 0.475. The molecule has 1 unspecified atom stereocenters. The fourth-order valence-corrected chi connectivity index (χ4v) is 5.92. The molecule has 0 aliphatic rings. The van der Waals surface area contributed by atoms with Crippen molar-refractivity contribution in [3.05, 3.63) is 80.5 Å². The van der Waals surface area contributed by atoms with Gasteiger partial charge >= 0.3 is 5.97 Å². The van der Waals surface area contributed by atoms with Crippen LogP contribution in [0.1, 0.15) is 94.8 Å². The van der Waals surface area contributed by atoms with E-state index in [9.17, 15) is 29.1 Å². The van der Waals surface area contributed by atoms with Crippen LogP contribution in [0, 0.1) is 10.8 Å². The summed E-state index contributed by atoms with van der Waals surface area (Å²) in [6.07, 6.45) is 2.73. The van der Waals surface area contributed by atoms with Crippen molar-refractivity contribution in [2.24, 2.45) is 10.8 Å². The van der Waals surface area contributed by atoms with Crippen molar-refractivity contribution in [3.63, 3.8) is 0 Å². The first kappa shape index (κ1) is 40.6. The van der Waals surface area contributed by atoms with Crippen LogP contribution in [0.2, 0.25) is 0 Å². The van der Waals surface area contributed by atoms with Crippen LogP contribution >= 0.6 is 0 Å². The van der Waals surface area contributed by atoms with Crippen molar-refractivity contribution in [1.29, 1.82) is 0 Å². The van der Waals surface area contributed by atoms with Gasteiger partial charge in [-0.05, 0) is 47.9 Å². The minimum Gasteiger partial charge on any atom is -0.490 e. The molecule has 2 amide bonds. The molecule has 286 valence electrons. The van der Waals surface area contributed by atoms with Crippen molar-refractivity contribution < 1.29 is 42.5 Å². The number of unbranched alkanes of at least 4 members (excludes halogenated alkanes) is 1. The molecule has 0 saturated heterocycles. The Hall–Kier alpha value is -5.17. The number of carbonyl (C=O) groups is 3. The molecule has 2 aromatic carbocycles. The zero-order valence-corrected chi connectivity index (χ0v) is 31.3. The first-order chi connectivity index (χ1) is 25.1. The highest BCUT2D eigenvalue weighted by molar-refractivity contribution is 5.94. The number of esters is 1. The lowest BCUT2D eigenvalue weighted by molar-refractivity contribution is -0.121. The summed E-state index contributed by atoms with van der Waals surface area (Å²) in [6, 6.07) is 11.4. The molecular weight excluding hydrogens is 684 g/mol. The Bertz CT molecular complexity index is 2030. The van der Waals surface area contributed by atoms with Crippen molar-refractivity contribution in [1.82, 2.24) is 10.6 Å². The van der Waals surface area contributed by atoms with Gasteiger partial charge in [0.2, 0.25) is 11.7 Å². The van der Waals surface area contributed by atoms with Crippen LogP contribution in [0.3, 0.4) is 0 Å². The average molecular weight is 735 g/mol. The highest BCUT2D eigenvalue weighted by Crippen LogP contribution is 2.36. The second-order valence-corrected chi connectivity index (χ2v) is 14.6. The number of fused-ring (bicyclic) bond motifs is 2. The van der Waals surface area contributed by atoms with Gasteiger partial charge in [0, 0.05) is 31.6 Å². The summed E-state index contributed by atoms with van der Waals surface area (Å²) in [6.45, 7) is 12.5. The number of amides is 2. The van der Waals surface area contributed by atoms with Gasteiger partial charge in [0.1, 0.15) is 52.8 Å². The van der Waals surface area contributed by atoms with Gasteiger partial charge in [-0.25, -0.2) is 4.79 Å². The Morgan fingerprint density at radius 2 is 1.34 bits per heavy atom. The molecular formula is C40H50N2O11. The molecule has 13 nitrogen and oxygen atoms in total. The average Bonchev–Trinajstić information content (AvgIpc) is 3.12. The van der Waals surface area contributed by atoms with Crippen molar-refractivity contribution in [3.8, 4) is 11.5 Å². The largest absolute Gasteiger partial charge is 0.490 e. The number of ether oxygens (including phenoxy) is 3. The molecule has 2 heterocycles. The van der Waals surface area contributed by atoms with Gasteiger partial charge in [0.05, 0.1) is 6.61 Å². The molecule has 53 heavy (non-hydrogen) atoms. The van der Waals surface area contributed by atoms with Gasteiger partial charge in [-0.2, -0.15) is 0 Å². The van der Waals surface area contributed by atoms with E-state index in [1.807, 2.05) is 20.8 Å². The van der Waals surface area contributed by atoms with E-state index >= 15 is 0 Å². The smallest absolute Gasteiger partial charge is 0.374 e. The highest BCUT2D eigenvalue weighted by atomic mass is 16.5. The molecule has 0 fully saturated rings. The van der Waals surface area contributed by atoms with Crippen molar-refractivity contribution in [2.45, 2.75) is 79.8 Å². The molecule has 3 N–H and O–H groups in total. The molecule has 2 aromatic heterocycles. The second kappa shape index (κ2) is 18.0. The summed E-state index contributed by atoms with van der Waals surface area (Å²) in [7, 11) is 0. The maximum atomic E-state index is 13.1. The van der Waals surface area contributed by atoms with Crippen LogP contribution in [0.15, 0.2) is 67.0 Å². The number of aliphatic hydroxyl groups is 1. The summed E-state index contributed by atoms with van der Waals surface area (Å²) in [5.74, 6) is -1.63. The molecule has 4 aromatic rings. The van der Waals surface area contributed by atoms with Gasteiger partial charge in [0.25, 0.3) is 5.91 Å². The Kier molecular flexibility index (Phi) is 13.8. The van der Waals surface area contributed by atoms with E-state index in [0.717, 1.165) is 37.8 Å². The van der Waals surface area contributed by atoms with Gasteiger partial charge in [-0.3, -0.25) is 19.2 Å². The van der Waals surface area contributed by atoms with Gasteiger partial charge in [0.15, 0.2) is 16.6 Å². The van der Waals surface area contributed by atoms with E-state index in [1.165, 1.54) is 24.3 Å². The SMILES string of the molecule is CCCCC(=O)NCCNC(=O)c1cc(=O)c2c(OCC(O)COc3cccc4oc(C(=O)OCC(C)(C)CC(C)(C)CC)cc(=O)c34)cccc2o1. The lowest BCUT2D eigenvalue weighted by Crippen LogP contribution is -2.34. The third-order valence-electron chi connectivity index (χ3n) is 8.72. The van der Waals surface area contributed by atoms with E-state index in [1.54, 1.807) is 12.1 Å². The van der Waals surface area contributed by atoms with Crippen LogP contribution in [0.25, 0.3) is 21.9 Å². The standard InChI is InChI=1S/C40H50N2O11/c1-7-9-16-34(46)41-17-18-42-37(47)32-19-26(44)35-28(12-10-14-30(35)52-32)49-21-25(43)22-50-29-13-11-15-31-36(29)27(45)20-33(53-31)38(48)51-24-40(5,6)23-39(3,4)8-2/h10-15,19-20,25,43H,7-9,16-18,21-24H2,1-6H3,(H,41,46)(H,42,47). The number of hydrogen-bond acceptors (Lipinski definition) is 11. The summed E-state index contributed by atoms with van der Waals surface area (Å²) < 4.78 is 28.5. The summed E-state index contributed by atoms with van der Waals surface area (Å²) >= 11 is 0. The maximum Gasteiger partial charge on any atom is 0.374 e. The Morgan fingerprint density at radius 3 is 1.91 bits per heavy atom. The lowest BCUT2D eigenvalue weighted by Gasteiger charge is -2.33. The van der Waals surface area contributed by atoms with E-state index in [-0.39, 0.29) is 94.6 Å². The topological polar surface area (TPSA) is 184 Å². The van der Waals surface area contributed by atoms with E-state index in [0.29, 0.717) is 6.42 Å². The Balaban J connectivity index is 1.35. The zero-order chi connectivity index (χ0) is 38.8. The number of aliphatic hydroxyl groups excluding tert-OH is 1. The Morgan fingerprint density at radius 1 is 0.792 bits per heavy atom. The number of benzene rings is 2. The van der Waals surface area contributed by atoms with E-state index < -0.39 is 28.8 Å². The quantitative estimate of drug-likeness (QED) is 0.0786. The zero-order valence-electron chi connectivity index (χ0n) is 31.3.